The highest BCUT2D eigenvalue weighted by molar-refractivity contribution is 6.23. The van der Waals surface area contributed by atoms with E-state index in [2.05, 4.69) is 5.32 Å². The van der Waals surface area contributed by atoms with E-state index in [0.29, 0.717) is 12.5 Å². The van der Waals surface area contributed by atoms with Gasteiger partial charge in [0.05, 0.1) is 58.6 Å². The van der Waals surface area contributed by atoms with Gasteiger partial charge in [0.2, 0.25) is 11.8 Å². The van der Waals surface area contributed by atoms with Crippen molar-refractivity contribution in [3.8, 4) is 6.07 Å². The number of ether oxygens (including phenoxy) is 2. The van der Waals surface area contributed by atoms with Gasteiger partial charge in [-0.05, 0) is 38.5 Å². The lowest BCUT2D eigenvalue weighted by molar-refractivity contribution is -0.138. The summed E-state index contributed by atoms with van der Waals surface area (Å²) in [6.07, 6.45) is -4.65. The molecule has 0 radical (unpaired) electrons. The first kappa shape index (κ1) is 23.0. The molecule has 0 saturated carbocycles. The Balaban J connectivity index is 1.68. The Labute approximate surface area is 187 Å². The number of amides is 3. The van der Waals surface area contributed by atoms with Gasteiger partial charge in [0.1, 0.15) is 0 Å². The minimum Gasteiger partial charge on any atom is -0.450 e. The molecule has 176 valence electrons. The zero-order valence-electron chi connectivity index (χ0n) is 18.2. The number of fused-ring (bicyclic) bond motifs is 5. The highest BCUT2D eigenvalue weighted by Gasteiger charge is 2.76. The number of nitrogens with one attached hydrogen (secondary N) is 1. The van der Waals surface area contributed by atoms with Gasteiger partial charge in [-0.15, -0.1) is 0 Å². The van der Waals surface area contributed by atoms with Gasteiger partial charge in [0.15, 0.2) is 0 Å². The maximum Gasteiger partial charge on any atom is 0.417 e. The Morgan fingerprint density at radius 2 is 1.97 bits per heavy atom. The summed E-state index contributed by atoms with van der Waals surface area (Å²) in [5.41, 5.74) is -4.43. The van der Waals surface area contributed by atoms with Crippen molar-refractivity contribution < 1.29 is 37.0 Å². The molecule has 33 heavy (non-hydrogen) atoms. The summed E-state index contributed by atoms with van der Waals surface area (Å²) in [5, 5.41) is 11.7. The summed E-state index contributed by atoms with van der Waals surface area (Å²) in [6.45, 7) is 5.32. The topological polar surface area (TPSA) is 109 Å². The second-order valence-electron chi connectivity index (χ2n) is 8.94. The molecule has 2 bridgehead atoms. The lowest BCUT2D eigenvalue weighted by Crippen LogP contribution is -2.56. The van der Waals surface area contributed by atoms with Gasteiger partial charge in [0, 0.05) is 6.42 Å². The molecule has 4 rings (SSSR count). The standard InChI is InChI=1S/C22H22F3N3O5/c1-4-7-32-19(31)27-14-9-20(2)15-16(21(14,3)33-20)18(30)28(17(15)29)12-6-5-11(10-26)13(8-12)22(23,24)25/h5-6,8,14-16H,4,7,9H2,1-3H3,(H,27,31)/t14-,15-,16+,20?,21?/m1/s1. The van der Waals surface area contributed by atoms with Crippen LogP contribution in [0.4, 0.5) is 23.7 Å². The zero-order valence-corrected chi connectivity index (χ0v) is 18.2. The lowest BCUT2D eigenvalue weighted by atomic mass is 9.66. The molecule has 1 aromatic carbocycles. The molecule has 0 aromatic heterocycles. The molecule has 3 aliphatic rings. The number of benzene rings is 1. The van der Waals surface area contributed by atoms with E-state index in [-0.39, 0.29) is 18.7 Å². The summed E-state index contributed by atoms with van der Waals surface area (Å²) in [7, 11) is 0. The van der Waals surface area contributed by atoms with Gasteiger partial charge in [-0.3, -0.25) is 9.59 Å². The van der Waals surface area contributed by atoms with Crippen molar-refractivity contribution in [1.29, 1.82) is 5.26 Å². The predicted octanol–water partition coefficient (Wildman–Crippen LogP) is 3.14. The average Bonchev–Trinajstić information content (AvgIpc) is 3.26. The fourth-order valence-corrected chi connectivity index (χ4v) is 5.39. The van der Waals surface area contributed by atoms with Gasteiger partial charge in [-0.25, -0.2) is 9.69 Å². The van der Waals surface area contributed by atoms with Crippen LogP contribution in [0.2, 0.25) is 0 Å². The fourth-order valence-electron chi connectivity index (χ4n) is 5.39. The number of alkyl halides is 3. The largest absolute Gasteiger partial charge is 0.450 e. The first-order valence-electron chi connectivity index (χ1n) is 10.5. The summed E-state index contributed by atoms with van der Waals surface area (Å²) in [5.74, 6) is -3.28. The quantitative estimate of drug-likeness (QED) is 0.685. The summed E-state index contributed by atoms with van der Waals surface area (Å²) in [4.78, 5) is 39.5. The second-order valence-corrected chi connectivity index (χ2v) is 8.94. The van der Waals surface area contributed by atoms with Crippen LogP contribution in [0, 0.1) is 23.2 Å². The second kappa shape index (κ2) is 7.45. The highest BCUT2D eigenvalue weighted by atomic mass is 19.4. The number of nitrogens with zero attached hydrogens (tertiary/aromatic N) is 2. The SMILES string of the molecule is CCCOC(=O)N[C@@H]1CC2(C)OC1(C)[C@@H]1C(=O)N(c3ccc(C#N)c(C(F)(F)F)c3)C(=O)[C@@H]12. The van der Waals surface area contributed by atoms with E-state index in [1.807, 2.05) is 6.92 Å². The molecular formula is C22H22F3N3O5. The van der Waals surface area contributed by atoms with Crippen LogP contribution in [0.5, 0.6) is 0 Å². The highest BCUT2D eigenvalue weighted by Crippen LogP contribution is 2.61. The maximum atomic E-state index is 13.4. The molecule has 3 heterocycles. The normalized spacial score (nSPS) is 32.6. The minimum atomic E-state index is -4.84. The fraction of sp³-hybridized carbons (Fsp3) is 0.545. The summed E-state index contributed by atoms with van der Waals surface area (Å²) < 4.78 is 51.5. The third-order valence-electron chi connectivity index (χ3n) is 6.75. The van der Waals surface area contributed by atoms with Crippen molar-refractivity contribution in [2.75, 3.05) is 11.5 Å². The molecular weight excluding hydrogens is 443 g/mol. The molecule has 3 saturated heterocycles. The van der Waals surface area contributed by atoms with Gasteiger partial charge in [0.25, 0.3) is 0 Å². The van der Waals surface area contributed by atoms with Gasteiger partial charge < -0.3 is 14.8 Å². The molecule has 3 amide bonds. The molecule has 8 nitrogen and oxygen atoms in total. The molecule has 0 aliphatic carbocycles. The molecule has 2 unspecified atom stereocenters. The minimum absolute atomic E-state index is 0.213. The Morgan fingerprint density at radius 3 is 2.58 bits per heavy atom. The summed E-state index contributed by atoms with van der Waals surface area (Å²) >= 11 is 0. The average molecular weight is 465 g/mol. The molecule has 5 atom stereocenters. The van der Waals surface area contributed by atoms with E-state index in [9.17, 15) is 27.6 Å². The van der Waals surface area contributed by atoms with E-state index in [1.165, 1.54) is 6.07 Å². The molecule has 3 fully saturated rings. The van der Waals surface area contributed by atoms with Crippen LogP contribution in [-0.4, -0.2) is 41.8 Å². The zero-order chi connectivity index (χ0) is 24.3. The Hall–Kier alpha value is -3.13. The number of carbonyl (C=O) groups is 3. The molecule has 1 aromatic rings. The monoisotopic (exact) mass is 465 g/mol. The van der Waals surface area contributed by atoms with Crippen LogP contribution in [-0.2, 0) is 25.2 Å². The van der Waals surface area contributed by atoms with Gasteiger partial charge >= 0.3 is 12.3 Å². The number of anilines is 1. The van der Waals surface area contributed by atoms with Crippen molar-refractivity contribution >= 4 is 23.6 Å². The van der Waals surface area contributed by atoms with E-state index < -0.39 is 64.3 Å². The molecule has 0 spiro atoms. The lowest BCUT2D eigenvalue weighted by Gasteiger charge is -2.35. The van der Waals surface area contributed by atoms with Crippen molar-refractivity contribution in [3.63, 3.8) is 0 Å². The van der Waals surface area contributed by atoms with E-state index in [0.717, 1.165) is 17.0 Å². The number of hydrogen-bond acceptors (Lipinski definition) is 6. The first-order chi connectivity index (χ1) is 15.4. The van der Waals surface area contributed by atoms with Crippen LogP contribution in [0.15, 0.2) is 18.2 Å². The number of hydrogen-bond donors (Lipinski definition) is 1. The number of imide groups is 1. The van der Waals surface area contributed by atoms with Crippen LogP contribution < -0.4 is 10.2 Å². The number of alkyl carbamates (subject to hydrolysis) is 1. The molecule has 11 heteroatoms. The van der Waals surface area contributed by atoms with E-state index >= 15 is 0 Å². The number of rotatable bonds is 4. The third kappa shape index (κ3) is 3.35. The Kier molecular flexibility index (Phi) is 5.20. The molecule has 3 aliphatic heterocycles. The van der Waals surface area contributed by atoms with E-state index in [1.54, 1.807) is 13.8 Å². The van der Waals surface area contributed by atoms with Crippen LogP contribution in [0.25, 0.3) is 0 Å². The van der Waals surface area contributed by atoms with E-state index in [4.69, 9.17) is 14.7 Å². The third-order valence-corrected chi connectivity index (χ3v) is 6.75. The maximum absolute atomic E-state index is 13.4. The van der Waals surface area contributed by atoms with Crippen molar-refractivity contribution in [2.24, 2.45) is 11.8 Å². The number of nitriles is 1. The van der Waals surface area contributed by atoms with Crippen molar-refractivity contribution in [2.45, 2.75) is 57.0 Å². The Morgan fingerprint density at radius 1 is 1.30 bits per heavy atom. The summed E-state index contributed by atoms with van der Waals surface area (Å²) in [6, 6.07) is 3.58. The smallest absolute Gasteiger partial charge is 0.417 e. The number of halogens is 3. The van der Waals surface area contributed by atoms with Gasteiger partial charge in [-0.1, -0.05) is 6.92 Å². The van der Waals surface area contributed by atoms with Crippen LogP contribution >= 0.6 is 0 Å². The number of carbonyl (C=O) groups excluding carboxylic acids is 3. The van der Waals surface area contributed by atoms with Crippen LogP contribution in [0.1, 0.15) is 44.7 Å². The predicted molar refractivity (Wildman–Crippen MR) is 107 cm³/mol. The first-order valence-corrected chi connectivity index (χ1v) is 10.5. The van der Waals surface area contributed by atoms with Crippen molar-refractivity contribution in [3.05, 3.63) is 29.3 Å². The Bertz CT molecular complexity index is 1080. The van der Waals surface area contributed by atoms with Crippen molar-refractivity contribution in [1.82, 2.24) is 5.32 Å². The molecule has 1 N–H and O–H groups in total. The van der Waals surface area contributed by atoms with Gasteiger partial charge in [-0.2, -0.15) is 18.4 Å². The van der Waals surface area contributed by atoms with Crippen LogP contribution in [0.3, 0.4) is 0 Å².